The standard InChI is InChI=1S/C13H15N3O2S/c1-7-6-15-13(19-7)8(2)16-12(18)9-4-3-5-10(14)11(9)17/h3-6,8,17H,14H2,1-2H3,(H,16,18). The Hall–Kier alpha value is -2.08. The molecule has 0 aliphatic heterocycles. The number of nitrogens with two attached hydrogens (primary N) is 1. The second-order valence-electron chi connectivity index (χ2n) is 4.25. The molecule has 0 bridgehead atoms. The number of rotatable bonds is 3. The molecule has 1 amide bonds. The lowest BCUT2D eigenvalue weighted by Gasteiger charge is -2.12. The largest absolute Gasteiger partial charge is 0.505 e. The number of carbonyl (C=O) groups excluding carboxylic acids is 1. The summed E-state index contributed by atoms with van der Waals surface area (Å²) in [6.45, 7) is 3.80. The van der Waals surface area contributed by atoms with E-state index >= 15 is 0 Å². The maximum atomic E-state index is 12.1. The van der Waals surface area contributed by atoms with E-state index in [9.17, 15) is 9.90 Å². The highest BCUT2D eigenvalue weighted by molar-refractivity contribution is 7.11. The Morgan fingerprint density at radius 2 is 2.26 bits per heavy atom. The molecule has 2 aromatic rings. The Morgan fingerprint density at radius 3 is 2.89 bits per heavy atom. The van der Waals surface area contributed by atoms with Gasteiger partial charge in [0.05, 0.1) is 17.3 Å². The Balaban J connectivity index is 2.15. The molecule has 0 saturated carbocycles. The third kappa shape index (κ3) is 2.85. The van der Waals surface area contributed by atoms with Gasteiger partial charge in [0.2, 0.25) is 0 Å². The zero-order valence-corrected chi connectivity index (χ0v) is 11.5. The van der Waals surface area contributed by atoms with E-state index in [-0.39, 0.29) is 28.9 Å². The van der Waals surface area contributed by atoms with Crippen molar-refractivity contribution in [3.8, 4) is 5.75 Å². The van der Waals surface area contributed by atoms with Crippen molar-refractivity contribution in [3.63, 3.8) is 0 Å². The van der Waals surface area contributed by atoms with Crippen LogP contribution in [0.25, 0.3) is 0 Å². The molecule has 0 fully saturated rings. The highest BCUT2D eigenvalue weighted by Crippen LogP contribution is 2.25. The summed E-state index contributed by atoms with van der Waals surface area (Å²) in [4.78, 5) is 17.4. The quantitative estimate of drug-likeness (QED) is 0.593. The van der Waals surface area contributed by atoms with E-state index in [1.807, 2.05) is 13.8 Å². The van der Waals surface area contributed by atoms with Gasteiger partial charge in [-0.1, -0.05) is 6.07 Å². The normalized spacial score (nSPS) is 12.1. The summed E-state index contributed by atoms with van der Waals surface area (Å²) < 4.78 is 0. The van der Waals surface area contributed by atoms with E-state index in [1.165, 1.54) is 17.4 Å². The second-order valence-corrected chi connectivity index (χ2v) is 5.51. The van der Waals surface area contributed by atoms with E-state index in [1.54, 1.807) is 18.3 Å². The number of para-hydroxylation sites is 1. The maximum Gasteiger partial charge on any atom is 0.255 e. The smallest absolute Gasteiger partial charge is 0.255 e. The Labute approximate surface area is 115 Å². The summed E-state index contributed by atoms with van der Waals surface area (Å²) in [5, 5.41) is 13.4. The highest BCUT2D eigenvalue weighted by atomic mass is 32.1. The van der Waals surface area contributed by atoms with Gasteiger partial charge in [-0.2, -0.15) is 0 Å². The average molecular weight is 277 g/mol. The fraction of sp³-hybridized carbons (Fsp3) is 0.231. The number of nitrogen functional groups attached to an aromatic ring is 1. The number of nitrogens with one attached hydrogen (secondary N) is 1. The molecule has 5 nitrogen and oxygen atoms in total. The van der Waals surface area contributed by atoms with Gasteiger partial charge in [-0.15, -0.1) is 11.3 Å². The van der Waals surface area contributed by atoms with Crippen molar-refractivity contribution in [3.05, 3.63) is 39.8 Å². The summed E-state index contributed by atoms with van der Waals surface area (Å²) in [7, 11) is 0. The molecule has 19 heavy (non-hydrogen) atoms. The number of aromatic nitrogens is 1. The summed E-state index contributed by atoms with van der Waals surface area (Å²) in [6, 6.07) is 4.48. The Morgan fingerprint density at radius 1 is 1.53 bits per heavy atom. The lowest BCUT2D eigenvalue weighted by Crippen LogP contribution is -2.26. The number of phenols is 1. The molecule has 0 spiro atoms. The van der Waals surface area contributed by atoms with Crippen molar-refractivity contribution >= 4 is 22.9 Å². The van der Waals surface area contributed by atoms with Crippen LogP contribution in [0, 0.1) is 6.92 Å². The molecule has 1 aromatic carbocycles. The van der Waals surface area contributed by atoms with Crippen molar-refractivity contribution in [1.29, 1.82) is 0 Å². The minimum Gasteiger partial charge on any atom is -0.505 e. The zero-order valence-electron chi connectivity index (χ0n) is 10.7. The van der Waals surface area contributed by atoms with Gasteiger partial charge in [0.15, 0.2) is 5.75 Å². The van der Waals surface area contributed by atoms with Crippen LogP contribution >= 0.6 is 11.3 Å². The number of aromatic hydroxyl groups is 1. The molecule has 1 unspecified atom stereocenters. The number of hydrogen-bond acceptors (Lipinski definition) is 5. The molecule has 6 heteroatoms. The van der Waals surface area contributed by atoms with Gasteiger partial charge in [0.1, 0.15) is 5.01 Å². The SMILES string of the molecule is Cc1cnc(C(C)NC(=O)c2cccc(N)c2O)s1. The van der Waals surface area contributed by atoms with Crippen molar-refractivity contribution in [2.45, 2.75) is 19.9 Å². The fourth-order valence-corrected chi connectivity index (χ4v) is 2.43. The van der Waals surface area contributed by atoms with Crippen LogP contribution in [0.5, 0.6) is 5.75 Å². The van der Waals surface area contributed by atoms with Gasteiger partial charge in [0, 0.05) is 11.1 Å². The summed E-state index contributed by atoms with van der Waals surface area (Å²) in [5.41, 5.74) is 5.92. The lowest BCUT2D eigenvalue weighted by atomic mass is 10.1. The van der Waals surface area contributed by atoms with Crippen LogP contribution in [0.1, 0.15) is 33.2 Å². The first-order valence-electron chi connectivity index (χ1n) is 5.79. The summed E-state index contributed by atoms with van der Waals surface area (Å²) in [5.74, 6) is -0.562. The lowest BCUT2D eigenvalue weighted by molar-refractivity contribution is 0.0937. The van der Waals surface area contributed by atoms with Gasteiger partial charge in [-0.25, -0.2) is 4.98 Å². The van der Waals surface area contributed by atoms with Crippen LogP contribution < -0.4 is 11.1 Å². The number of anilines is 1. The van der Waals surface area contributed by atoms with Crippen LogP contribution in [0.15, 0.2) is 24.4 Å². The van der Waals surface area contributed by atoms with Crippen molar-refractivity contribution in [2.24, 2.45) is 0 Å². The van der Waals surface area contributed by atoms with Gasteiger partial charge in [-0.3, -0.25) is 4.79 Å². The molecule has 0 radical (unpaired) electrons. The zero-order chi connectivity index (χ0) is 14.0. The van der Waals surface area contributed by atoms with Gasteiger partial charge < -0.3 is 16.2 Å². The van der Waals surface area contributed by atoms with Crippen LogP contribution in [0.2, 0.25) is 0 Å². The monoisotopic (exact) mass is 277 g/mol. The molecular weight excluding hydrogens is 262 g/mol. The number of hydrogen-bond donors (Lipinski definition) is 3. The molecule has 4 N–H and O–H groups in total. The molecule has 1 atom stereocenters. The maximum absolute atomic E-state index is 12.1. The molecule has 1 heterocycles. The van der Waals surface area contributed by atoms with Crippen LogP contribution in [-0.2, 0) is 0 Å². The van der Waals surface area contributed by atoms with Crippen molar-refractivity contribution in [2.75, 3.05) is 5.73 Å². The van der Waals surface area contributed by atoms with E-state index in [4.69, 9.17) is 5.73 Å². The molecule has 100 valence electrons. The van der Waals surface area contributed by atoms with Gasteiger partial charge >= 0.3 is 0 Å². The van der Waals surface area contributed by atoms with E-state index < -0.39 is 0 Å². The number of aryl methyl sites for hydroxylation is 1. The second kappa shape index (κ2) is 5.27. The van der Waals surface area contributed by atoms with E-state index in [0.29, 0.717) is 0 Å². The van der Waals surface area contributed by atoms with Gasteiger partial charge in [0.25, 0.3) is 5.91 Å². The number of thiazole rings is 1. The first kappa shape index (κ1) is 13.4. The number of nitrogens with zero attached hydrogens (tertiary/aromatic N) is 1. The van der Waals surface area contributed by atoms with Crippen LogP contribution in [0.4, 0.5) is 5.69 Å². The van der Waals surface area contributed by atoms with Gasteiger partial charge in [-0.05, 0) is 26.0 Å². The van der Waals surface area contributed by atoms with Crippen LogP contribution in [-0.4, -0.2) is 16.0 Å². The topological polar surface area (TPSA) is 88.2 Å². The molecule has 1 aromatic heterocycles. The number of benzene rings is 1. The predicted molar refractivity (Wildman–Crippen MR) is 75.3 cm³/mol. The molecule has 2 rings (SSSR count). The number of carbonyl (C=O) groups is 1. The summed E-state index contributed by atoms with van der Waals surface area (Å²) >= 11 is 1.53. The third-order valence-corrected chi connectivity index (χ3v) is 3.76. The Bertz CT molecular complexity index is 610. The molecule has 0 saturated heterocycles. The first-order valence-corrected chi connectivity index (χ1v) is 6.61. The minimum absolute atomic E-state index is 0.167. The Kier molecular flexibility index (Phi) is 3.71. The third-order valence-electron chi connectivity index (χ3n) is 2.67. The van der Waals surface area contributed by atoms with E-state index in [2.05, 4.69) is 10.3 Å². The predicted octanol–water partition coefficient (Wildman–Crippen LogP) is 2.23. The van der Waals surface area contributed by atoms with Crippen molar-refractivity contribution < 1.29 is 9.90 Å². The first-order chi connectivity index (χ1) is 8.99. The molecule has 0 aliphatic rings. The highest BCUT2D eigenvalue weighted by Gasteiger charge is 2.17. The molecule has 0 aliphatic carbocycles. The van der Waals surface area contributed by atoms with Crippen molar-refractivity contribution in [1.82, 2.24) is 10.3 Å². The fourth-order valence-electron chi connectivity index (χ4n) is 1.65. The number of phenolic OH excluding ortho intramolecular Hbond substituents is 1. The van der Waals surface area contributed by atoms with E-state index in [0.717, 1.165) is 9.88 Å². The summed E-state index contributed by atoms with van der Waals surface area (Å²) in [6.07, 6.45) is 1.76. The average Bonchev–Trinajstić information content (AvgIpc) is 2.79. The van der Waals surface area contributed by atoms with Crippen LogP contribution in [0.3, 0.4) is 0 Å². The number of amides is 1. The molecular formula is C13H15N3O2S. The minimum atomic E-state index is -0.370.